The van der Waals surface area contributed by atoms with E-state index in [2.05, 4.69) is 5.32 Å². The standard InChI is InChI=1S/C11H12ClNO3S/c12-10-3-7(9-4-11(14)13-5-9)1-2-8(10)6-17(15)16/h1-3,9,17H,4-6H2,(H,13,14). The second-order valence-electron chi connectivity index (χ2n) is 4.05. The maximum Gasteiger partial charge on any atom is 0.220 e. The summed E-state index contributed by atoms with van der Waals surface area (Å²) in [5, 5.41) is 3.20. The van der Waals surface area contributed by atoms with Crippen LogP contribution in [0.1, 0.15) is 23.5 Å². The fourth-order valence-electron chi connectivity index (χ4n) is 1.93. The van der Waals surface area contributed by atoms with Crippen LogP contribution < -0.4 is 5.32 Å². The summed E-state index contributed by atoms with van der Waals surface area (Å²) in [6, 6.07) is 5.30. The average Bonchev–Trinajstić information content (AvgIpc) is 2.67. The highest BCUT2D eigenvalue weighted by molar-refractivity contribution is 7.71. The minimum Gasteiger partial charge on any atom is -0.355 e. The van der Waals surface area contributed by atoms with Gasteiger partial charge < -0.3 is 5.32 Å². The van der Waals surface area contributed by atoms with Crippen molar-refractivity contribution >= 4 is 28.2 Å². The largest absolute Gasteiger partial charge is 0.355 e. The molecular weight excluding hydrogens is 262 g/mol. The van der Waals surface area contributed by atoms with E-state index in [1.807, 2.05) is 6.07 Å². The van der Waals surface area contributed by atoms with Crippen LogP contribution >= 0.6 is 11.6 Å². The zero-order valence-corrected chi connectivity index (χ0v) is 10.6. The van der Waals surface area contributed by atoms with Crippen molar-refractivity contribution in [3.05, 3.63) is 34.3 Å². The molecule has 1 saturated heterocycles. The third kappa shape index (κ3) is 2.98. The Kier molecular flexibility index (Phi) is 3.69. The van der Waals surface area contributed by atoms with Crippen molar-refractivity contribution in [3.63, 3.8) is 0 Å². The molecule has 0 spiro atoms. The number of thiol groups is 1. The first-order valence-electron chi connectivity index (χ1n) is 5.23. The molecule has 0 radical (unpaired) electrons. The normalized spacial score (nSPS) is 19.6. The monoisotopic (exact) mass is 273 g/mol. The van der Waals surface area contributed by atoms with Crippen molar-refractivity contribution in [3.8, 4) is 0 Å². The number of halogens is 1. The molecule has 0 bridgehead atoms. The van der Waals surface area contributed by atoms with Gasteiger partial charge in [-0.2, -0.15) is 0 Å². The highest BCUT2D eigenvalue weighted by Crippen LogP contribution is 2.27. The first kappa shape index (κ1) is 12.4. The number of amides is 1. The number of nitrogens with one attached hydrogen (secondary N) is 1. The van der Waals surface area contributed by atoms with Crippen LogP contribution in [0, 0.1) is 0 Å². The Labute approximate surface area is 106 Å². The second-order valence-corrected chi connectivity index (χ2v) is 5.44. The molecule has 17 heavy (non-hydrogen) atoms. The summed E-state index contributed by atoms with van der Waals surface area (Å²) < 4.78 is 21.3. The predicted octanol–water partition coefficient (Wildman–Crippen LogP) is 1.05. The van der Waals surface area contributed by atoms with Gasteiger partial charge >= 0.3 is 0 Å². The maximum atomic E-state index is 11.1. The molecule has 92 valence electrons. The summed E-state index contributed by atoms with van der Waals surface area (Å²) in [5.41, 5.74) is 1.57. The van der Waals surface area contributed by atoms with Crippen molar-refractivity contribution in [1.82, 2.24) is 5.32 Å². The summed E-state index contributed by atoms with van der Waals surface area (Å²) in [4.78, 5) is 11.1. The molecule has 0 saturated carbocycles. The SMILES string of the molecule is O=C1CC(c2ccc(C[SH](=O)=O)c(Cl)c2)CN1. The molecule has 0 aromatic heterocycles. The topological polar surface area (TPSA) is 63.2 Å². The number of rotatable bonds is 3. The third-order valence-corrected chi connectivity index (χ3v) is 3.78. The van der Waals surface area contributed by atoms with E-state index in [9.17, 15) is 13.2 Å². The molecule has 1 N–H and O–H groups in total. The molecule has 1 heterocycles. The van der Waals surface area contributed by atoms with E-state index >= 15 is 0 Å². The van der Waals surface area contributed by atoms with Crippen molar-refractivity contribution < 1.29 is 13.2 Å². The zero-order chi connectivity index (χ0) is 12.4. The molecule has 6 heteroatoms. The van der Waals surface area contributed by atoms with Gasteiger partial charge in [0.05, 0.1) is 5.75 Å². The van der Waals surface area contributed by atoms with E-state index in [4.69, 9.17) is 11.6 Å². The van der Waals surface area contributed by atoms with E-state index in [1.165, 1.54) is 0 Å². The van der Waals surface area contributed by atoms with Crippen molar-refractivity contribution in [1.29, 1.82) is 0 Å². The van der Waals surface area contributed by atoms with Crippen LogP contribution in [-0.4, -0.2) is 20.9 Å². The fraction of sp³-hybridized carbons (Fsp3) is 0.364. The van der Waals surface area contributed by atoms with Gasteiger partial charge in [-0.05, 0) is 17.2 Å². The van der Waals surface area contributed by atoms with Gasteiger partial charge in [0, 0.05) is 23.9 Å². The number of hydrogen-bond donors (Lipinski definition) is 2. The van der Waals surface area contributed by atoms with Gasteiger partial charge in [-0.3, -0.25) is 4.79 Å². The molecule has 1 unspecified atom stereocenters. The van der Waals surface area contributed by atoms with Crippen LogP contribution in [0.4, 0.5) is 0 Å². The van der Waals surface area contributed by atoms with Crippen LogP contribution in [0.3, 0.4) is 0 Å². The molecule has 1 aromatic rings. The van der Waals surface area contributed by atoms with E-state index < -0.39 is 10.7 Å². The summed E-state index contributed by atoms with van der Waals surface area (Å²) in [6.07, 6.45) is 0.464. The maximum absolute atomic E-state index is 11.1. The van der Waals surface area contributed by atoms with Gasteiger partial charge in [0.1, 0.15) is 10.7 Å². The van der Waals surface area contributed by atoms with Gasteiger partial charge in [-0.25, -0.2) is 8.42 Å². The lowest BCUT2D eigenvalue weighted by atomic mass is 9.97. The van der Waals surface area contributed by atoms with Crippen molar-refractivity contribution in [2.45, 2.75) is 18.1 Å². The van der Waals surface area contributed by atoms with E-state index in [-0.39, 0.29) is 17.6 Å². The molecular formula is C11H12ClNO3S. The molecule has 1 aliphatic heterocycles. The molecule has 1 amide bonds. The smallest absolute Gasteiger partial charge is 0.220 e. The third-order valence-electron chi connectivity index (χ3n) is 2.83. The van der Waals surface area contributed by atoms with Crippen LogP contribution in [0.25, 0.3) is 0 Å². The minimum atomic E-state index is -2.47. The molecule has 1 atom stereocenters. The lowest BCUT2D eigenvalue weighted by Crippen LogP contribution is -2.13. The van der Waals surface area contributed by atoms with Crippen molar-refractivity contribution in [2.24, 2.45) is 0 Å². The molecule has 1 fully saturated rings. The highest BCUT2D eigenvalue weighted by atomic mass is 35.5. The highest BCUT2D eigenvalue weighted by Gasteiger charge is 2.23. The van der Waals surface area contributed by atoms with Gasteiger partial charge in [-0.1, -0.05) is 23.7 Å². The summed E-state index contributed by atoms with van der Waals surface area (Å²) in [5.74, 6) is 0.129. The van der Waals surface area contributed by atoms with E-state index in [0.717, 1.165) is 5.56 Å². The summed E-state index contributed by atoms with van der Waals surface area (Å²) in [6.45, 7) is 0.615. The molecule has 2 rings (SSSR count). The number of benzene rings is 1. The predicted molar refractivity (Wildman–Crippen MR) is 65.8 cm³/mol. The van der Waals surface area contributed by atoms with E-state index in [1.54, 1.807) is 12.1 Å². The second kappa shape index (κ2) is 5.06. The van der Waals surface area contributed by atoms with Gasteiger partial charge in [0.25, 0.3) is 0 Å². The number of hydrogen-bond acceptors (Lipinski definition) is 3. The zero-order valence-electron chi connectivity index (χ0n) is 8.98. The Hall–Kier alpha value is -1.07. The molecule has 1 aliphatic rings. The quantitative estimate of drug-likeness (QED) is 0.810. The number of carbonyl (C=O) groups excluding carboxylic acids is 1. The van der Waals surface area contributed by atoms with Gasteiger partial charge in [0.15, 0.2) is 0 Å². The van der Waals surface area contributed by atoms with Crippen molar-refractivity contribution in [2.75, 3.05) is 6.54 Å². The molecule has 1 aromatic carbocycles. The minimum absolute atomic E-state index is 0.0397. The van der Waals surface area contributed by atoms with Gasteiger partial charge in [0.2, 0.25) is 5.91 Å². The Balaban J connectivity index is 2.21. The molecule has 0 aliphatic carbocycles. The lowest BCUT2D eigenvalue weighted by Gasteiger charge is -2.09. The first-order valence-corrected chi connectivity index (χ1v) is 6.97. The molecule has 4 nitrogen and oxygen atoms in total. The number of carbonyl (C=O) groups is 1. The first-order chi connectivity index (χ1) is 8.06. The van der Waals surface area contributed by atoms with Crippen LogP contribution in [0.15, 0.2) is 18.2 Å². The Morgan fingerprint density at radius 3 is 2.71 bits per heavy atom. The summed E-state index contributed by atoms with van der Waals surface area (Å²) >= 11 is 6.02. The summed E-state index contributed by atoms with van der Waals surface area (Å²) in [7, 11) is -2.47. The Bertz CT molecular complexity index is 519. The Morgan fingerprint density at radius 2 is 2.18 bits per heavy atom. The van der Waals surface area contributed by atoms with E-state index in [0.29, 0.717) is 23.6 Å². The van der Waals surface area contributed by atoms with Crippen LogP contribution in [-0.2, 0) is 21.3 Å². The Morgan fingerprint density at radius 1 is 1.41 bits per heavy atom. The van der Waals surface area contributed by atoms with Gasteiger partial charge in [-0.15, -0.1) is 0 Å². The lowest BCUT2D eigenvalue weighted by molar-refractivity contribution is -0.119. The average molecular weight is 274 g/mol. The van der Waals surface area contributed by atoms with Crippen LogP contribution in [0.5, 0.6) is 0 Å². The fourth-order valence-corrected chi connectivity index (χ4v) is 2.83. The van der Waals surface area contributed by atoms with Crippen LogP contribution in [0.2, 0.25) is 5.02 Å².